The Bertz CT molecular complexity index is 607. The molecule has 3 nitrogen and oxygen atoms in total. The number of carbonyl (C=O) groups is 1. The lowest BCUT2D eigenvalue weighted by molar-refractivity contribution is -0.138. The van der Waals surface area contributed by atoms with Crippen molar-refractivity contribution in [1.29, 1.82) is 0 Å². The van der Waals surface area contributed by atoms with Gasteiger partial charge >= 0.3 is 5.97 Å². The first kappa shape index (κ1) is 11.8. The number of hydrogen-bond acceptors (Lipinski definition) is 2. The van der Waals surface area contributed by atoms with Gasteiger partial charge in [0.25, 0.3) is 0 Å². The normalized spacial score (nSPS) is 21.1. The number of pyridine rings is 1. The molecule has 1 aliphatic carbocycles. The molecule has 0 bridgehead atoms. The highest BCUT2D eigenvalue weighted by molar-refractivity contribution is 5.75. The van der Waals surface area contributed by atoms with Gasteiger partial charge in [-0.15, -0.1) is 0 Å². The number of halogens is 1. The van der Waals surface area contributed by atoms with E-state index in [-0.39, 0.29) is 17.7 Å². The Labute approximate surface area is 109 Å². The first-order valence-electron chi connectivity index (χ1n) is 6.10. The van der Waals surface area contributed by atoms with E-state index >= 15 is 0 Å². The van der Waals surface area contributed by atoms with Gasteiger partial charge in [0.2, 0.25) is 0 Å². The minimum Gasteiger partial charge on any atom is -0.481 e. The lowest BCUT2D eigenvalue weighted by Crippen LogP contribution is -1.99. The number of carboxylic acids is 1. The molecular formula is C15H12FNO2. The Hall–Kier alpha value is -2.23. The van der Waals surface area contributed by atoms with Crippen LogP contribution < -0.4 is 0 Å². The van der Waals surface area contributed by atoms with Crippen molar-refractivity contribution in [2.75, 3.05) is 0 Å². The third-order valence-electron chi connectivity index (χ3n) is 3.46. The molecule has 1 aromatic heterocycles. The molecule has 2 atom stereocenters. The Morgan fingerprint density at radius 3 is 2.47 bits per heavy atom. The molecule has 1 N–H and O–H groups in total. The van der Waals surface area contributed by atoms with Crippen molar-refractivity contribution in [2.24, 2.45) is 5.92 Å². The van der Waals surface area contributed by atoms with Crippen LogP contribution in [0, 0.1) is 11.7 Å². The van der Waals surface area contributed by atoms with Gasteiger partial charge in [-0.1, -0.05) is 6.07 Å². The number of rotatable bonds is 3. The molecule has 1 saturated carbocycles. The number of hydrogen-bond donors (Lipinski definition) is 1. The van der Waals surface area contributed by atoms with Crippen LogP contribution >= 0.6 is 0 Å². The van der Waals surface area contributed by atoms with E-state index in [1.165, 1.54) is 12.1 Å². The van der Waals surface area contributed by atoms with Gasteiger partial charge in [-0.25, -0.2) is 4.39 Å². The van der Waals surface area contributed by atoms with E-state index in [1.807, 2.05) is 12.1 Å². The molecule has 1 aliphatic rings. The maximum absolute atomic E-state index is 12.8. The summed E-state index contributed by atoms with van der Waals surface area (Å²) in [6, 6.07) is 9.89. The molecule has 1 heterocycles. The molecule has 0 amide bonds. The minimum atomic E-state index is -0.743. The molecular weight excluding hydrogens is 245 g/mol. The Morgan fingerprint density at radius 1 is 1.21 bits per heavy atom. The Morgan fingerprint density at radius 2 is 1.95 bits per heavy atom. The molecule has 96 valence electrons. The smallest absolute Gasteiger partial charge is 0.307 e. The van der Waals surface area contributed by atoms with Gasteiger partial charge < -0.3 is 5.11 Å². The summed E-state index contributed by atoms with van der Waals surface area (Å²) in [7, 11) is 0. The summed E-state index contributed by atoms with van der Waals surface area (Å²) in [5, 5.41) is 8.89. The molecule has 0 saturated heterocycles. The highest BCUT2D eigenvalue weighted by Crippen LogP contribution is 2.47. The van der Waals surface area contributed by atoms with Crippen molar-refractivity contribution >= 4 is 5.97 Å². The van der Waals surface area contributed by atoms with E-state index < -0.39 is 5.97 Å². The third kappa shape index (κ3) is 2.34. The molecule has 0 radical (unpaired) electrons. The van der Waals surface area contributed by atoms with Crippen LogP contribution in [0.5, 0.6) is 0 Å². The second-order valence-corrected chi connectivity index (χ2v) is 4.77. The van der Waals surface area contributed by atoms with E-state index in [2.05, 4.69) is 4.98 Å². The van der Waals surface area contributed by atoms with Crippen molar-refractivity contribution in [3.63, 3.8) is 0 Å². The number of aliphatic carboxylic acids is 1. The largest absolute Gasteiger partial charge is 0.481 e. The number of benzene rings is 1. The molecule has 0 spiro atoms. The van der Waals surface area contributed by atoms with Gasteiger partial charge in [0, 0.05) is 11.8 Å². The first-order chi connectivity index (χ1) is 9.15. The molecule has 2 aromatic rings. The highest BCUT2D eigenvalue weighted by Gasteiger charge is 2.44. The van der Waals surface area contributed by atoms with Crippen LogP contribution in [-0.4, -0.2) is 16.1 Å². The van der Waals surface area contributed by atoms with Gasteiger partial charge in [-0.3, -0.25) is 9.78 Å². The van der Waals surface area contributed by atoms with Gasteiger partial charge in [-0.05, 0) is 48.2 Å². The fourth-order valence-electron chi connectivity index (χ4n) is 2.25. The van der Waals surface area contributed by atoms with Gasteiger partial charge in [0.1, 0.15) is 5.82 Å². The summed E-state index contributed by atoms with van der Waals surface area (Å²) in [5.74, 6) is -1.19. The predicted molar refractivity (Wildman–Crippen MR) is 68.1 cm³/mol. The van der Waals surface area contributed by atoms with E-state index in [0.29, 0.717) is 6.42 Å². The van der Waals surface area contributed by atoms with Gasteiger partial charge in [-0.2, -0.15) is 0 Å². The second kappa shape index (κ2) is 4.46. The highest BCUT2D eigenvalue weighted by atomic mass is 19.1. The van der Waals surface area contributed by atoms with Crippen molar-refractivity contribution in [2.45, 2.75) is 12.3 Å². The number of nitrogens with zero attached hydrogens (tertiary/aromatic N) is 1. The monoisotopic (exact) mass is 257 g/mol. The van der Waals surface area contributed by atoms with E-state index in [4.69, 9.17) is 5.11 Å². The fourth-order valence-corrected chi connectivity index (χ4v) is 2.25. The van der Waals surface area contributed by atoms with E-state index in [1.54, 1.807) is 18.3 Å². The number of aromatic nitrogens is 1. The molecule has 1 aromatic carbocycles. The Balaban J connectivity index is 1.80. The van der Waals surface area contributed by atoms with E-state index in [9.17, 15) is 9.18 Å². The lowest BCUT2D eigenvalue weighted by atomic mass is 10.1. The maximum atomic E-state index is 12.8. The summed E-state index contributed by atoms with van der Waals surface area (Å²) < 4.78 is 12.8. The summed E-state index contributed by atoms with van der Waals surface area (Å²) in [4.78, 5) is 15.1. The summed E-state index contributed by atoms with van der Waals surface area (Å²) in [6.45, 7) is 0. The summed E-state index contributed by atoms with van der Waals surface area (Å²) in [5.41, 5.74) is 2.56. The van der Waals surface area contributed by atoms with Crippen LogP contribution in [0.2, 0.25) is 0 Å². The standard InChI is InChI=1S/C15H12FNO2/c16-11-4-1-9(2-5-11)14-6-3-10(8-17-14)12-7-13(12)15(18)19/h1-6,8,12-13H,7H2,(H,18,19)/t12-,13+/m1/s1. The van der Waals surface area contributed by atoms with E-state index in [0.717, 1.165) is 16.8 Å². The Kier molecular flexibility index (Phi) is 2.78. The lowest BCUT2D eigenvalue weighted by Gasteiger charge is -2.03. The average Bonchev–Trinajstić information content (AvgIpc) is 3.20. The van der Waals surface area contributed by atoms with Gasteiger partial charge in [0.15, 0.2) is 0 Å². The molecule has 0 aliphatic heterocycles. The predicted octanol–water partition coefficient (Wildman–Crippen LogP) is 3.08. The molecule has 1 fully saturated rings. The van der Waals surface area contributed by atoms with Crippen molar-refractivity contribution in [3.8, 4) is 11.3 Å². The zero-order chi connectivity index (χ0) is 13.4. The van der Waals surface area contributed by atoms with Crippen LogP contribution in [-0.2, 0) is 4.79 Å². The zero-order valence-corrected chi connectivity index (χ0v) is 10.1. The zero-order valence-electron chi connectivity index (χ0n) is 10.1. The SMILES string of the molecule is O=C(O)[C@H]1C[C@@H]1c1ccc(-c2ccc(F)cc2)nc1. The molecule has 3 rings (SSSR count). The van der Waals surface area contributed by atoms with Crippen molar-refractivity contribution < 1.29 is 14.3 Å². The number of carboxylic acid groups (broad SMARTS) is 1. The topological polar surface area (TPSA) is 50.2 Å². The molecule has 0 unspecified atom stereocenters. The first-order valence-corrected chi connectivity index (χ1v) is 6.10. The minimum absolute atomic E-state index is 0.0901. The fraction of sp³-hybridized carbons (Fsp3) is 0.200. The second-order valence-electron chi connectivity index (χ2n) is 4.77. The summed E-state index contributed by atoms with van der Waals surface area (Å²) >= 11 is 0. The molecule has 19 heavy (non-hydrogen) atoms. The molecule has 4 heteroatoms. The van der Waals surface area contributed by atoms with Crippen molar-refractivity contribution in [3.05, 3.63) is 54.0 Å². The quantitative estimate of drug-likeness (QED) is 0.919. The van der Waals surface area contributed by atoms with Crippen LogP contribution in [0.25, 0.3) is 11.3 Å². The van der Waals surface area contributed by atoms with Crippen molar-refractivity contribution in [1.82, 2.24) is 4.98 Å². The van der Waals surface area contributed by atoms with Crippen LogP contribution in [0.15, 0.2) is 42.6 Å². The van der Waals surface area contributed by atoms with Crippen LogP contribution in [0.4, 0.5) is 4.39 Å². The van der Waals surface area contributed by atoms with Crippen LogP contribution in [0.1, 0.15) is 17.9 Å². The maximum Gasteiger partial charge on any atom is 0.307 e. The third-order valence-corrected chi connectivity index (χ3v) is 3.46. The van der Waals surface area contributed by atoms with Crippen LogP contribution in [0.3, 0.4) is 0 Å². The van der Waals surface area contributed by atoms with Gasteiger partial charge in [0.05, 0.1) is 11.6 Å². The average molecular weight is 257 g/mol. The summed E-state index contributed by atoms with van der Waals surface area (Å²) in [6.07, 6.45) is 2.40.